The summed E-state index contributed by atoms with van der Waals surface area (Å²) in [5.41, 5.74) is 8.36. The second-order valence-electron chi connectivity index (χ2n) is 9.01. The number of hydrogen-bond donors (Lipinski definition) is 3. The van der Waals surface area contributed by atoms with Gasteiger partial charge in [0, 0.05) is 5.56 Å². The Hall–Kier alpha value is -1.37. The maximum absolute atomic E-state index is 12.5. The summed E-state index contributed by atoms with van der Waals surface area (Å²) in [6, 6.07) is 8.11. The number of fused-ring (bicyclic) bond motifs is 3. The van der Waals surface area contributed by atoms with Gasteiger partial charge >= 0.3 is 7.69 Å². The Morgan fingerprint density at radius 3 is 2.29 bits per heavy atom. The highest BCUT2D eigenvalue weighted by Crippen LogP contribution is 2.60. The van der Waals surface area contributed by atoms with Crippen LogP contribution < -0.4 is 11.1 Å². The van der Waals surface area contributed by atoms with Gasteiger partial charge in [0.2, 0.25) is 0 Å². The summed E-state index contributed by atoms with van der Waals surface area (Å²) < 4.78 is 5.07. The summed E-state index contributed by atoms with van der Waals surface area (Å²) in [6.07, 6.45) is 8.45. The lowest BCUT2D eigenvalue weighted by atomic mass is 9.49. The molecule has 3 aliphatic rings. The Morgan fingerprint density at radius 1 is 1.18 bits per heavy atom. The summed E-state index contributed by atoms with van der Waals surface area (Å²) >= 11 is 0. The maximum Gasteiger partial charge on any atom is 0.486 e. The first-order valence-electron chi connectivity index (χ1n) is 10.7. The molecule has 0 spiro atoms. The van der Waals surface area contributed by atoms with Crippen LogP contribution in [0.2, 0.25) is 0 Å². The minimum absolute atomic E-state index is 0.195. The topological polar surface area (TPSA) is 84.6 Å². The Balaban J connectivity index is 1.64. The van der Waals surface area contributed by atoms with Crippen molar-refractivity contribution in [2.75, 3.05) is 6.54 Å². The molecule has 153 valence electrons. The minimum Gasteiger partial charge on any atom is -0.429 e. The van der Waals surface area contributed by atoms with Crippen LogP contribution in [0.4, 0.5) is 0 Å². The van der Waals surface area contributed by atoms with Gasteiger partial charge in [-0.05, 0) is 92.4 Å². The Bertz CT molecular complexity index is 638. The monoisotopic (exact) mass is 385 g/mol. The molecule has 2 bridgehead atoms. The summed E-state index contributed by atoms with van der Waals surface area (Å²) in [5, 5.41) is 11.7. The molecule has 1 radical (unpaired) electrons. The van der Waals surface area contributed by atoms with Crippen molar-refractivity contribution in [3.05, 3.63) is 35.4 Å². The van der Waals surface area contributed by atoms with E-state index in [-0.39, 0.29) is 5.91 Å². The van der Waals surface area contributed by atoms with E-state index in [1.807, 2.05) is 12.1 Å². The van der Waals surface area contributed by atoms with E-state index in [1.165, 1.54) is 44.1 Å². The molecule has 1 amide bonds. The van der Waals surface area contributed by atoms with Crippen molar-refractivity contribution in [1.82, 2.24) is 5.32 Å². The number of nitrogens with two attached hydrogens (primary N) is 1. The van der Waals surface area contributed by atoms with Crippen molar-refractivity contribution in [2.45, 2.75) is 76.9 Å². The minimum atomic E-state index is -0.569. The number of benzene rings is 1. The van der Waals surface area contributed by atoms with Crippen LogP contribution in [0.15, 0.2) is 24.3 Å². The van der Waals surface area contributed by atoms with E-state index < -0.39 is 6.23 Å². The highest BCUT2D eigenvalue weighted by molar-refractivity contribution is 6.16. The fraction of sp³-hybridized carbons (Fsp3) is 0.682. The fourth-order valence-corrected chi connectivity index (χ4v) is 5.27. The molecule has 3 saturated carbocycles. The molecular weight excluding hydrogens is 351 g/mol. The molecule has 1 aromatic carbocycles. The number of carbonyl (C=O) groups is 1. The molecule has 0 saturated heterocycles. The molecule has 0 aromatic heterocycles. The zero-order chi connectivity index (χ0) is 20.2. The highest BCUT2D eigenvalue weighted by Gasteiger charge is 2.50. The van der Waals surface area contributed by atoms with Crippen LogP contribution in [0.25, 0.3) is 0 Å². The second kappa shape index (κ2) is 8.97. The standard InChI is InChI=1S/C22H34BN2O3/c1-16(2)21-9-12-22(13-10-21,14-11-21)18-7-5-17(6-8-18)20(26)25-19(28-23-27)4-3-15-24/h5-8,16,19,27H,3-4,9-15,24H2,1-2H3,(H,25,26)/t19-,21?,22?/m1/s1. The van der Waals surface area contributed by atoms with Crippen LogP contribution >= 0.6 is 0 Å². The van der Waals surface area contributed by atoms with Crippen molar-refractivity contribution < 1.29 is 14.5 Å². The van der Waals surface area contributed by atoms with Gasteiger partial charge < -0.3 is 20.7 Å². The van der Waals surface area contributed by atoms with Crippen LogP contribution in [-0.4, -0.2) is 31.4 Å². The number of rotatable bonds is 9. The van der Waals surface area contributed by atoms with E-state index in [0.29, 0.717) is 43.5 Å². The smallest absolute Gasteiger partial charge is 0.429 e. The van der Waals surface area contributed by atoms with Crippen molar-refractivity contribution in [1.29, 1.82) is 0 Å². The predicted molar refractivity (Wildman–Crippen MR) is 112 cm³/mol. The van der Waals surface area contributed by atoms with Gasteiger partial charge in [-0.3, -0.25) is 4.79 Å². The Morgan fingerprint density at radius 2 is 1.79 bits per heavy atom. The average Bonchev–Trinajstić information content (AvgIpc) is 2.73. The Kier molecular flexibility index (Phi) is 6.84. The van der Waals surface area contributed by atoms with E-state index in [1.54, 1.807) is 0 Å². The first kappa shape index (κ1) is 21.3. The van der Waals surface area contributed by atoms with E-state index in [4.69, 9.17) is 15.4 Å². The van der Waals surface area contributed by atoms with E-state index in [0.717, 1.165) is 5.92 Å². The predicted octanol–water partition coefficient (Wildman–Crippen LogP) is 3.27. The molecule has 28 heavy (non-hydrogen) atoms. The second-order valence-corrected chi connectivity index (χ2v) is 9.01. The molecule has 0 heterocycles. The third-order valence-electron chi connectivity index (χ3n) is 7.48. The number of carbonyl (C=O) groups excluding carboxylic acids is 1. The summed E-state index contributed by atoms with van der Waals surface area (Å²) in [5.74, 6) is 0.571. The van der Waals surface area contributed by atoms with Crippen LogP contribution in [0.5, 0.6) is 0 Å². The van der Waals surface area contributed by atoms with Crippen LogP contribution in [-0.2, 0) is 10.1 Å². The summed E-state index contributed by atoms with van der Waals surface area (Å²) in [6.45, 7) is 5.27. The van der Waals surface area contributed by atoms with Gasteiger partial charge in [-0.2, -0.15) is 0 Å². The van der Waals surface area contributed by atoms with E-state index >= 15 is 0 Å². The molecule has 4 N–H and O–H groups in total. The normalized spacial score (nSPS) is 27.6. The fourth-order valence-electron chi connectivity index (χ4n) is 5.27. The number of hydrogen-bond acceptors (Lipinski definition) is 4. The first-order valence-corrected chi connectivity index (χ1v) is 10.7. The molecule has 3 aliphatic carbocycles. The van der Waals surface area contributed by atoms with Crippen molar-refractivity contribution >= 4 is 13.6 Å². The van der Waals surface area contributed by atoms with Gasteiger partial charge in [-0.15, -0.1) is 0 Å². The summed E-state index contributed by atoms with van der Waals surface area (Å²) in [7, 11) is 0.618. The zero-order valence-electron chi connectivity index (χ0n) is 17.2. The molecular formula is C22H34BN2O3. The molecule has 0 aliphatic heterocycles. The maximum atomic E-state index is 12.5. The first-order chi connectivity index (χ1) is 13.4. The van der Waals surface area contributed by atoms with Gasteiger partial charge in [0.15, 0.2) is 0 Å². The van der Waals surface area contributed by atoms with Crippen molar-refractivity contribution in [3.63, 3.8) is 0 Å². The molecule has 0 unspecified atom stereocenters. The molecule has 1 atom stereocenters. The van der Waals surface area contributed by atoms with Crippen LogP contribution in [0.1, 0.15) is 81.1 Å². The summed E-state index contributed by atoms with van der Waals surface area (Å²) in [4.78, 5) is 12.5. The lowest BCUT2D eigenvalue weighted by Crippen LogP contribution is -2.46. The zero-order valence-corrected chi connectivity index (χ0v) is 17.2. The molecule has 1 aromatic rings. The molecule has 5 nitrogen and oxygen atoms in total. The quantitative estimate of drug-likeness (QED) is 0.450. The van der Waals surface area contributed by atoms with Crippen LogP contribution in [0.3, 0.4) is 0 Å². The Labute approximate surface area is 169 Å². The van der Waals surface area contributed by atoms with Gasteiger partial charge in [0.25, 0.3) is 5.91 Å². The van der Waals surface area contributed by atoms with Crippen LogP contribution in [0, 0.1) is 11.3 Å². The number of nitrogens with one attached hydrogen (secondary N) is 1. The molecule has 3 fully saturated rings. The van der Waals surface area contributed by atoms with Gasteiger partial charge in [-0.25, -0.2) is 0 Å². The number of amides is 1. The highest BCUT2D eigenvalue weighted by atomic mass is 16.5. The van der Waals surface area contributed by atoms with E-state index in [9.17, 15) is 4.79 Å². The van der Waals surface area contributed by atoms with Gasteiger partial charge in [-0.1, -0.05) is 26.0 Å². The van der Waals surface area contributed by atoms with Crippen molar-refractivity contribution in [2.24, 2.45) is 17.1 Å². The van der Waals surface area contributed by atoms with E-state index in [2.05, 4.69) is 31.3 Å². The molecule has 6 heteroatoms. The average molecular weight is 385 g/mol. The SMILES string of the molecule is CC(C)C12CCC(c3ccc(C(=O)N[C@@H](CCCN)O[B]O)cc3)(CC1)CC2. The lowest BCUT2D eigenvalue weighted by Gasteiger charge is -2.56. The van der Waals surface area contributed by atoms with Gasteiger partial charge in [0.05, 0.1) is 0 Å². The largest absolute Gasteiger partial charge is 0.486 e. The molecule has 4 rings (SSSR count). The third kappa shape index (κ3) is 4.29. The third-order valence-corrected chi connectivity index (χ3v) is 7.48. The van der Waals surface area contributed by atoms with Crippen molar-refractivity contribution in [3.8, 4) is 0 Å². The van der Waals surface area contributed by atoms with Gasteiger partial charge in [0.1, 0.15) is 6.23 Å². The lowest BCUT2D eigenvalue weighted by molar-refractivity contribution is 0.00186.